The van der Waals surface area contributed by atoms with E-state index >= 15 is 0 Å². The largest absolute Gasteiger partial charge is 0.504 e. The molecule has 1 amide bonds. The number of phenolic OH excluding ortho intramolecular Hbond substituents is 2. The van der Waals surface area contributed by atoms with E-state index in [1.54, 1.807) is 0 Å². The van der Waals surface area contributed by atoms with Gasteiger partial charge in [-0.1, -0.05) is 6.07 Å². The van der Waals surface area contributed by atoms with Gasteiger partial charge in [0.1, 0.15) is 11.8 Å². The molecule has 0 heterocycles. The summed E-state index contributed by atoms with van der Waals surface area (Å²) >= 11 is 0. The van der Waals surface area contributed by atoms with Crippen molar-refractivity contribution in [3.63, 3.8) is 0 Å². The molecule has 0 aromatic heterocycles. The van der Waals surface area contributed by atoms with Crippen molar-refractivity contribution < 1.29 is 29.3 Å². The van der Waals surface area contributed by atoms with Crippen LogP contribution in [0, 0.1) is 0 Å². The maximum atomic E-state index is 11.9. The summed E-state index contributed by atoms with van der Waals surface area (Å²) in [5, 5.41) is 21.0. The normalized spacial score (nSPS) is 13.0. The number of ether oxygens (including phenoxy) is 1. The molecule has 23 heavy (non-hydrogen) atoms. The van der Waals surface area contributed by atoms with Crippen LogP contribution >= 0.6 is 0 Å². The van der Waals surface area contributed by atoms with E-state index in [1.165, 1.54) is 25.1 Å². The maximum absolute atomic E-state index is 11.9. The molecule has 8 heteroatoms. The Morgan fingerprint density at radius 1 is 1.35 bits per heavy atom. The first-order valence-electron chi connectivity index (χ1n) is 6.93. The summed E-state index contributed by atoms with van der Waals surface area (Å²) in [6.07, 6.45) is 0.806. The number of esters is 1. The van der Waals surface area contributed by atoms with Crippen molar-refractivity contribution in [1.82, 2.24) is 5.32 Å². The Morgan fingerprint density at radius 2 is 2.04 bits per heavy atom. The molecular weight excluding hydrogens is 304 g/mol. The Kier molecular flexibility index (Phi) is 6.52. The van der Waals surface area contributed by atoms with Crippen LogP contribution in [0.5, 0.6) is 11.5 Å². The zero-order valence-corrected chi connectivity index (χ0v) is 12.7. The monoisotopic (exact) mass is 324 g/mol. The number of amides is 1. The van der Waals surface area contributed by atoms with Crippen molar-refractivity contribution in [2.24, 2.45) is 5.73 Å². The fourth-order valence-corrected chi connectivity index (χ4v) is 1.80. The number of hydrogen-bond acceptors (Lipinski definition) is 7. The lowest BCUT2D eigenvalue weighted by molar-refractivity contribution is -0.151. The van der Waals surface area contributed by atoms with Crippen LogP contribution in [0.4, 0.5) is 0 Å². The van der Waals surface area contributed by atoms with E-state index < -0.39 is 17.4 Å². The second-order valence-electron chi connectivity index (χ2n) is 5.30. The SMILES string of the molecule is C[C@](N)(Cc1ccc(O)c(O)c1)C(=O)OCNC(=O)CCC=O. The van der Waals surface area contributed by atoms with Gasteiger partial charge in [0.15, 0.2) is 18.2 Å². The standard InChI is InChI=1S/C15H20N2O6/c1-15(16,8-10-4-5-11(19)12(20)7-10)14(22)23-9-17-13(21)3-2-6-18/h4-7,19-20H,2-3,8-9,16H2,1H3,(H,17,21)/t15-/m0/s1. The first-order chi connectivity index (χ1) is 10.8. The Bertz CT molecular complexity index is 585. The molecule has 126 valence electrons. The lowest BCUT2D eigenvalue weighted by Crippen LogP contribution is -2.49. The van der Waals surface area contributed by atoms with Gasteiger partial charge in [0.2, 0.25) is 5.91 Å². The number of benzene rings is 1. The molecule has 8 nitrogen and oxygen atoms in total. The Labute approximate surface area is 133 Å². The van der Waals surface area contributed by atoms with Gasteiger partial charge >= 0.3 is 5.97 Å². The molecule has 0 radical (unpaired) electrons. The molecule has 0 spiro atoms. The molecule has 0 saturated carbocycles. The van der Waals surface area contributed by atoms with E-state index in [4.69, 9.17) is 10.5 Å². The molecule has 1 atom stereocenters. The minimum absolute atomic E-state index is 0.0216. The van der Waals surface area contributed by atoms with Crippen molar-refractivity contribution in [3.8, 4) is 11.5 Å². The van der Waals surface area contributed by atoms with Gasteiger partial charge in [-0.15, -0.1) is 0 Å². The molecule has 0 aliphatic heterocycles. The number of nitrogens with one attached hydrogen (secondary N) is 1. The lowest BCUT2D eigenvalue weighted by atomic mass is 9.94. The molecule has 0 bridgehead atoms. The van der Waals surface area contributed by atoms with Gasteiger partial charge in [0.25, 0.3) is 0 Å². The van der Waals surface area contributed by atoms with Crippen LogP contribution < -0.4 is 11.1 Å². The van der Waals surface area contributed by atoms with Gasteiger partial charge in [-0.25, -0.2) is 4.79 Å². The third kappa shape index (κ3) is 5.95. The molecule has 1 aromatic rings. The highest BCUT2D eigenvalue weighted by molar-refractivity contribution is 5.81. The van der Waals surface area contributed by atoms with Crippen molar-refractivity contribution in [2.75, 3.05) is 6.73 Å². The van der Waals surface area contributed by atoms with Crippen LogP contribution in [-0.2, 0) is 25.5 Å². The summed E-state index contributed by atoms with van der Waals surface area (Å²) in [5.74, 6) is -1.73. The number of aldehydes is 1. The molecule has 0 aliphatic rings. The zero-order chi connectivity index (χ0) is 17.5. The molecule has 0 saturated heterocycles. The predicted octanol–water partition coefficient (Wildman–Crippen LogP) is -0.0463. The quantitative estimate of drug-likeness (QED) is 0.227. The van der Waals surface area contributed by atoms with Gasteiger partial charge in [0, 0.05) is 19.3 Å². The number of hydrogen-bond donors (Lipinski definition) is 4. The van der Waals surface area contributed by atoms with Crippen LogP contribution in [0.15, 0.2) is 18.2 Å². The van der Waals surface area contributed by atoms with Crippen molar-refractivity contribution >= 4 is 18.2 Å². The van der Waals surface area contributed by atoms with E-state index in [0.717, 1.165) is 0 Å². The van der Waals surface area contributed by atoms with Crippen molar-refractivity contribution in [1.29, 1.82) is 0 Å². The van der Waals surface area contributed by atoms with E-state index in [2.05, 4.69) is 5.32 Å². The number of carbonyl (C=O) groups is 3. The highest BCUT2D eigenvalue weighted by atomic mass is 16.5. The van der Waals surface area contributed by atoms with Crippen LogP contribution in [0.3, 0.4) is 0 Å². The van der Waals surface area contributed by atoms with Gasteiger partial charge in [0.05, 0.1) is 0 Å². The Balaban J connectivity index is 2.51. The van der Waals surface area contributed by atoms with Crippen LogP contribution in [0.25, 0.3) is 0 Å². The number of phenols is 2. The van der Waals surface area contributed by atoms with Crippen molar-refractivity contribution in [2.45, 2.75) is 31.7 Å². The smallest absolute Gasteiger partial charge is 0.327 e. The maximum Gasteiger partial charge on any atom is 0.327 e. The summed E-state index contributed by atoms with van der Waals surface area (Å²) in [6, 6.07) is 4.11. The number of nitrogens with two attached hydrogens (primary N) is 1. The molecular formula is C15H20N2O6. The Hall–Kier alpha value is -2.61. The second-order valence-corrected chi connectivity index (χ2v) is 5.30. The summed E-state index contributed by atoms with van der Waals surface area (Å²) in [5.41, 5.74) is 5.06. The van der Waals surface area contributed by atoms with Gasteiger partial charge in [-0.05, 0) is 24.6 Å². The lowest BCUT2D eigenvalue weighted by Gasteiger charge is -2.22. The number of aromatic hydroxyl groups is 2. The van der Waals surface area contributed by atoms with Crippen LogP contribution in [-0.4, -0.2) is 40.6 Å². The fraction of sp³-hybridized carbons (Fsp3) is 0.400. The summed E-state index contributed by atoms with van der Waals surface area (Å²) < 4.78 is 4.89. The molecule has 1 rings (SSSR count). The van der Waals surface area contributed by atoms with E-state index in [9.17, 15) is 24.6 Å². The third-order valence-corrected chi connectivity index (χ3v) is 3.04. The van der Waals surface area contributed by atoms with E-state index in [-0.39, 0.29) is 37.5 Å². The average Bonchev–Trinajstić information content (AvgIpc) is 2.48. The highest BCUT2D eigenvalue weighted by Gasteiger charge is 2.30. The number of rotatable bonds is 8. The highest BCUT2D eigenvalue weighted by Crippen LogP contribution is 2.26. The predicted molar refractivity (Wildman–Crippen MR) is 80.5 cm³/mol. The fourth-order valence-electron chi connectivity index (χ4n) is 1.80. The average molecular weight is 324 g/mol. The summed E-state index contributed by atoms with van der Waals surface area (Å²) in [7, 11) is 0. The second kappa shape index (κ2) is 8.14. The molecule has 0 aliphatic carbocycles. The molecule has 0 fully saturated rings. The van der Waals surface area contributed by atoms with Gasteiger partial charge < -0.3 is 30.8 Å². The molecule has 0 unspecified atom stereocenters. The number of carbonyl (C=O) groups excluding carboxylic acids is 3. The van der Waals surface area contributed by atoms with Crippen molar-refractivity contribution in [3.05, 3.63) is 23.8 Å². The third-order valence-electron chi connectivity index (χ3n) is 3.04. The zero-order valence-electron chi connectivity index (χ0n) is 12.7. The van der Waals surface area contributed by atoms with Gasteiger partial charge in [-0.3, -0.25) is 4.79 Å². The van der Waals surface area contributed by atoms with Gasteiger partial charge in [-0.2, -0.15) is 0 Å². The van der Waals surface area contributed by atoms with Crippen LogP contribution in [0.2, 0.25) is 0 Å². The minimum Gasteiger partial charge on any atom is -0.504 e. The topological polar surface area (TPSA) is 139 Å². The minimum atomic E-state index is -1.38. The first-order valence-corrected chi connectivity index (χ1v) is 6.93. The summed E-state index contributed by atoms with van der Waals surface area (Å²) in [6.45, 7) is 1.11. The Morgan fingerprint density at radius 3 is 2.65 bits per heavy atom. The summed E-state index contributed by atoms with van der Waals surface area (Å²) in [4.78, 5) is 33.3. The molecule has 1 aromatic carbocycles. The van der Waals surface area contributed by atoms with Crippen LogP contribution in [0.1, 0.15) is 25.3 Å². The first kappa shape index (κ1) is 18.4. The van der Waals surface area contributed by atoms with E-state index in [1.807, 2.05) is 0 Å². The van der Waals surface area contributed by atoms with E-state index in [0.29, 0.717) is 11.8 Å². The molecule has 5 N–H and O–H groups in total.